The van der Waals surface area contributed by atoms with Crippen LogP contribution in [0, 0.1) is 10.8 Å². The van der Waals surface area contributed by atoms with Gasteiger partial charge in [-0.2, -0.15) is 17.6 Å². The van der Waals surface area contributed by atoms with Gasteiger partial charge in [-0.25, -0.2) is 4.39 Å². The lowest BCUT2D eigenvalue weighted by atomic mass is 9.60. The van der Waals surface area contributed by atoms with Gasteiger partial charge < -0.3 is 5.11 Å². The molecule has 0 unspecified atom stereocenters. The van der Waals surface area contributed by atoms with Crippen LogP contribution in [-0.4, -0.2) is 29.2 Å². The smallest absolute Gasteiger partial charge is 0.343 e. The molecule has 0 bridgehead atoms. The zero-order chi connectivity index (χ0) is 15.9. The molecule has 0 aliphatic heterocycles. The average Bonchev–Trinajstić information content (AvgIpc) is 2.14. The van der Waals surface area contributed by atoms with Crippen LogP contribution in [0.25, 0.3) is 0 Å². The van der Waals surface area contributed by atoms with E-state index in [0.717, 1.165) is 13.8 Å². The maximum atomic E-state index is 14.2. The lowest BCUT2D eigenvalue weighted by Gasteiger charge is -2.50. The number of halogens is 5. The summed E-state index contributed by atoms with van der Waals surface area (Å²) in [5.41, 5.74) is -6.83. The summed E-state index contributed by atoms with van der Waals surface area (Å²) in [6.45, 7) is 5.14. The second-order valence-electron chi connectivity index (χ2n) is 6.60. The molecule has 0 rings (SSSR count). The molecule has 0 aromatic heterocycles. The molecule has 0 aliphatic carbocycles. The minimum atomic E-state index is -4.81. The number of aliphatic hydroxyl groups is 1. The molecule has 116 valence electrons. The fraction of sp³-hybridized carbons (Fsp3) is 1.00. The summed E-state index contributed by atoms with van der Waals surface area (Å²) in [7, 11) is 0. The van der Waals surface area contributed by atoms with Gasteiger partial charge in [-0.15, -0.1) is 0 Å². The van der Waals surface area contributed by atoms with E-state index >= 15 is 0 Å². The second kappa shape index (κ2) is 4.86. The molecule has 0 heterocycles. The summed E-state index contributed by atoms with van der Waals surface area (Å²) in [5.74, 6) is -9.37. The molecule has 0 fully saturated rings. The van der Waals surface area contributed by atoms with Crippen molar-refractivity contribution in [3.05, 3.63) is 0 Å². The van der Waals surface area contributed by atoms with Gasteiger partial charge >= 0.3 is 11.8 Å². The highest BCUT2D eigenvalue weighted by Crippen LogP contribution is 2.59. The Kier molecular flexibility index (Phi) is 4.76. The minimum Gasteiger partial charge on any atom is -0.396 e. The van der Waals surface area contributed by atoms with E-state index in [1.807, 2.05) is 0 Å². The van der Waals surface area contributed by atoms with Crippen molar-refractivity contribution in [3.8, 4) is 0 Å². The summed E-state index contributed by atoms with van der Waals surface area (Å²) in [5, 5.41) is 8.89. The van der Waals surface area contributed by atoms with Crippen LogP contribution in [0.2, 0.25) is 0 Å². The molecule has 0 spiro atoms. The van der Waals surface area contributed by atoms with Crippen molar-refractivity contribution in [2.24, 2.45) is 10.8 Å². The molecule has 0 aromatic carbocycles. The molecule has 0 radical (unpaired) electrons. The predicted molar refractivity (Wildman–Crippen MR) is 64.3 cm³/mol. The van der Waals surface area contributed by atoms with E-state index in [0.29, 0.717) is 13.8 Å². The Morgan fingerprint density at radius 2 is 1.11 bits per heavy atom. The van der Waals surface area contributed by atoms with Crippen LogP contribution in [0.4, 0.5) is 22.0 Å². The van der Waals surface area contributed by atoms with Gasteiger partial charge in [0, 0.05) is 12.0 Å². The first kappa shape index (κ1) is 18.6. The Labute approximate surface area is 111 Å². The molecule has 19 heavy (non-hydrogen) atoms. The third kappa shape index (κ3) is 2.73. The van der Waals surface area contributed by atoms with E-state index in [1.165, 1.54) is 13.8 Å². The Morgan fingerprint density at radius 3 is 1.37 bits per heavy atom. The molecule has 1 nitrogen and oxygen atoms in total. The first-order chi connectivity index (χ1) is 8.06. The number of hydrogen-bond acceptors (Lipinski definition) is 1. The summed E-state index contributed by atoms with van der Waals surface area (Å²) >= 11 is 0. The summed E-state index contributed by atoms with van der Waals surface area (Å²) in [6, 6.07) is 0. The second-order valence-corrected chi connectivity index (χ2v) is 6.60. The SMILES string of the molecule is CC(C)(F)C(F)(F)C(F)(F)C(C)(C)C(C)(C)CCO. The average molecular weight is 290 g/mol. The van der Waals surface area contributed by atoms with E-state index in [2.05, 4.69) is 0 Å². The van der Waals surface area contributed by atoms with Crippen molar-refractivity contribution in [2.75, 3.05) is 6.61 Å². The van der Waals surface area contributed by atoms with Gasteiger partial charge in [0.15, 0.2) is 5.67 Å². The number of aliphatic hydroxyl groups excluding tert-OH is 1. The number of hydrogen-bond donors (Lipinski definition) is 1. The largest absolute Gasteiger partial charge is 0.396 e. The number of rotatable bonds is 6. The molecule has 6 heteroatoms. The highest BCUT2D eigenvalue weighted by molar-refractivity contribution is 5.08. The highest BCUT2D eigenvalue weighted by atomic mass is 19.3. The monoisotopic (exact) mass is 290 g/mol. The Balaban J connectivity index is 5.77. The molecule has 1 N–H and O–H groups in total. The lowest BCUT2D eigenvalue weighted by Crippen LogP contribution is -2.63. The minimum absolute atomic E-state index is 0.0849. The third-order valence-corrected chi connectivity index (χ3v) is 4.35. The van der Waals surface area contributed by atoms with E-state index in [4.69, 9.17) is 5.11 Å². The van der Waals surface area contributed by atoms with Crippen LogP contribution in [0.5, 0.6) is 0 Å². The fourth-order valence-electron chi connectivity index (χ4n) is 1.78. The first-order valence-corrected chi connectivity index (χ1v) is 6.11. The summed E-state index contributed by atoms with van der Waals surface area (Å²) in [6.07, 6.45) is -0.0849. The zero-order valence-electron chi connectivity index (χ0n) is 12.3. The van der Waals surface area contributed by atoms with Crippen LogP contribution in [0.15, 0.2) is 0 Å². The Bertz CT molecular complexity index is 315. The van der Waals surface area contributed by atoms with Crippen molar-refractivity contribution >= 4 is 0 Å². The van der Waals surface area contributed by atoms with Crippen LogP contribution >= 0.6 is 0 Å². The lowest BCUT2D eigenvalue weighted by molar-refractivity contribution is -0.320. The van der Waals surface area contributed by atoms with Gasteiger partial charge in [-0.05, 0) is 25.7 Å². The van der Waals surface area contributed by atoms with Crippen molar-refractivity contribution in [1.82, 2.24) is 0 Å². The van der Waals surface area contributed by atoms with E-state index in [1.54, 1.807) is 0 Å². The van der Waals surface area contributed by atoms with Gasteiger partial charge in [0.2, 0.25) is 0 Å². The maximum absolute atomic E-state index is 14.2. The van der Waals surface area contributed by atoms with Gasteiger partial charge in [-0.1, -0.05) is 27.7 Å². The van der Waals surface area contributed by atoms with Gasteiger partial charge in [0.05, 0.1) is 0 Å². The Morgan fingerprint density at radius 1 is 0.737 bits per heavy atom. The molecule has 0 aliphatic rings. The standard InChI is InChI=1S/C13H23F5O/c1-9(2,7-8-19)10(3,4)12(15,16)13(17,18)11(5,6)14/h19H,7-8H2,1-6H3. The third-order valence-electron chi connectivity index (χ3n) is 4.35. The van der Waals surface area contributed by atoms with Crippen LogP contribution in [0.3, 0.4) is 0 Å². The Hall–Kier alpha value is -0.390. The van der Waals surface area contributed by atoms with Gasteiger partial charge in [0.1, 0.15) is 0 Å². The van der Waals surface area contributed by atoms with Crippen molar-refractivity contribution in [1.29, 1.82) is 0 Å². The quantitative estimate of drug-likeness (QED) is 0.717. The van der Waals surface area contributed by atoms with E-state index in [-0.39, 0.29) is 6.42 Å². The van der Waals surface area contributed by atoms with E-state index < -0.39 is 35.0 Å². The van der Waals surface area contributed by atoms with Crippen LogP contribution in [-0.2, 0) is 0 Å². The van der Waals surface area contributed by atoms with E-state index in [9.17, 15) is 22.0 Å². The van der Waals surface area contributed by atoms with Crippen molar-refractivity contribution < 1.29 is 27.1 Å². The molecule has 0 atom stereocenters. The molecule has 0 amide bonds. The van der Waals surface area contributed by atoms with Gasteiger partial charge in [0.25, 0.3) is 0 Å². The highest BCUT2D eigenvalue weighted by Gasteiger charge is 2.73. The molecule has 0 saturated heterocycles. The van der Waals surface area contributed by atoms with Crippen LogP contribution in [0.1, 0.15) is 48.0 Å². The summed E-state index contributed by atoms with van der Waals surface area (Å²) < 4.78 is 69.5. The van der Waals surface area contributed by atoms with Gasteiger partial charge in [-0.3, -0.25) is 0 Å². The zero-order valence-corrected chi connectivity index (χ0v) is 12.3. The normalized spacial score (nSPS) is 15.8. The molecule has 0 saturated carbocycles. The maximum Gasteiger partial charge on any atom is 0.343 e. The fourth-order valence-corrected chi connectivity index (χ4v) is 1.78. The molecular weight excluding hydrogens is 267 g/mol. The number of alkyl halides is 5. The summed E-state index contributed by atoms with van der Waals surface area (Å²) in [4.78, 5) is 0. The van der Waals surface area contributed by atoms with Crippen molar-refractivity contribution in [3.63, 3.8) is 0 Å². The molecular formula is C13H23F5O. The topological polar surface area (TPSA) is 20.2 Å². The molecule has 0 aromatic rings. The van der Waals surface area contributed by atoms with Crippen molar-refractivity contribution in [2.45, 2.75) is 65.5 Å². The first-order valence-electron chi connectivity index (χ1n) is 6.11. The van der Waals surface area contributed by atoms with Crippen LogP contribution < -0.4 is 0 Å². The predicted octanol–water partition coefficient (Wildman–Crippen LogP) is 4.44.